The molecule has 0 heterocycles. The molecule has 0 saturated heterocycles. The Morgan fingerprint density at radius 2 is 1.61 bits per heavy atom. The van der Waals surface area contributed by atoms with Gasteiger partial charge in [0.25, 0.3) is 0 Å². The van der Waals surface area contributed by atoms with E-state index < -0.39 is 0 Å². The number of nitrogens with zero attached hydrogens (tertiary/aromatic N) is 2. The van der Waals surface area contributed by atoms with Crippen LogP contribution in [0.5, 0.6) is 0 Å². The zero-order valence-electron chi connectivity index (χ0n) is 12.6. The lowest BCUT2D eigenvalue weighted by molar-refractivity contribution is -0.139. The maximum Gasteiger partial charge on any atom is 0.312 e. The van der Waals surface area contributed by atoms with Crippen LogP contribution in [-0.2, 0) is 9.59 Å². The van der Waals surface area contributed by atoms with Crippen LogP contribution in [0.2, 0.25) is 0 Å². The van der Waals surface area contributed by atoms with Crippen molar-refractivity contribution < 1.29 is 9.59 Å². The molecule has 0 N–H and O–H groups in total. The van der Waals surface area contributed by atoms with Gasteiger partial charge in [-0.05, 0) is 40.5 Å². The fourth-order valence-electron chi connectivity index (χ4n) is 2.31. The quantitative estimate of drug-likeness (QED) is 0.624. The topological polar surface area (TPSA) is 40.6 Å². The molecule has 0 aromatic rings. The van der Waals surface area contributed by atoms with Gasteiger partial charge in [-0.3, -0.25) is 9.59 Å². The van der Waals surface area contributed by atoms with E-state index in [0.29, 0.717) is 13.0 Å². The first-order valence-electron chi connectivity index (χ1n) is 6.87. The highest BCUT2D eigenvalue weighted by molar-refractivity contribution is 5.84. The summed E-state index contributed by atoms with van der Waals surface area (Å²) < 4.78 is 0. The van der Waals surface area contributed by atoms with Crippen LogP contribution in [0.4, 0.5) is 0 Å². The standard InChI is InChI=1S/C14H27N2O2/c1-7-9-15(10-17)13(8-2)14(18)16(11(3)4)12(5)6/h11-13H,7-9H2,1-6H3. The molecule has 105 valence electrons. The molecule has 0 saturated carbocycles. The van der Waals surface area contributed by atoms with Gasteiger partial charge in [-0.2, -0.15) is 0 Å². The van der Waals surface area contributed by atoms with Crippen molar-refractivity contribution in [3.8, 4) is 0 Å². The highest BCUT2D eigenvalue weighted by Gasteiger charge is 2.30. The second-order valence-electron chi connectivity index (χ2n) is 5.14. The molecule has 4 nitrogen and oxygen atoms in total. The molecule has 0 aliphatic rings. The van der Waals surface area contributed by atoms with Gasteiger partial charge >= 0.3 is 6.41 Å². The summed E-state index contributed by atoms with van der Waals surface area (Å²) in [5, 5.41) is 0. The minimum atomic E-state index is -0.382. The fraction of sp³-hybridized carbons (Fsp3) is 0.857. The third-order valence-corrected chi connectivity index (χ3v) is 3.00. The lowest BCUT2D eigenvalue weighted by Crippen LogP contribution is -2.52. The Kier molecular flexibility index (Phi) is 7.64. The van der Waals surface area contributed by atoms with E-state index in [1.807, 2.05) is 52.9 Å². The predicted octanol–water partition coefficient (Wildman–Crippen LogP) is 2.19. The molecule has 0 aromatic heterocycles. The molecule has 0 bridgehead atoms. The summed E-state index contributed by atoms with van der Waals surface area (Å²) in [6, 6.07) is -0.101. The molecule has 2 amide bonds. The number of rotatable bonds is 8. The number of hydrogen-bond donors (Lipinski definition) is 0. The van der Waals surface area contributed by atoms with Gasteiger partial charge in [0.15, 0.2) is 0 Å². The summed E-state index contributed by atoms with van der Waals surface area (Å²) in [6.07, 6.45) is 3.37. The normalized spacial score (nSPS) is 12.7. The first kappa shape index (κ1) is 16.9. The molecule has 1 atom stereocenters. The lowest BCUT2D eigenvalue weighted by atomic mass is 10.1. The van der Waals surface area contributed by atoms with Gasteiger partial charge in [0, 0.05) is 18.6 Å². The molecule has 0 rings (SSSR count). The molecule has 0 fully saturated rings. The Hall–Kier alpha value is -1.06. The summed E-state index contributed by atoms with van der Waals surface area (Å²) in [6.45, 7) is 12.5. The summed E-state index contributed by atoms with van der Waals surface area (Å²) in [5.41, 5.74) is 0. The maximum absolute atomic E-state index is 12.5. The average Bonchev–Trinajstić information content (AvgIpc) is 2.27. The summed E-state index contributed by atoms with van der Waals surface area (Å²) in [5.74, 6) is 0.0271. The molecular formula is C14H27N2O2. The Labute approximate surface area is 111 Å². The molecule has 4 heteroatoms. The molecule has 0 aromatic carbocycles. The molecule has 0 spiro atoms. The van der Waals surface area contributed by atoms with Crippen LogP contribution < -0.4 is 0 Å². The van der Waals surface area contributed by atoms with Crippen LogP contribution in [0, 0.1) is 0 Å². The van der Waals surface area contributed by atoms with Crippen molar-refractivity contribution in [2.75, 3.05) is 6.54 Å². The Bertz CT molecular complexity index is 257. The first-order valence-corrected chi connectivity index (χ1v) is 6.87. The summed E-state index contributed by atoms with van der Waals surface area (Å²) in [4.78, 5) is 26.9. The fourth-order valence-corrected chi connectivity index (χ4v) is 2.31. The summed E-state index contributed by atoms with van der Waals surface area (Å²) >= 11 is 0. The Balaban J connectivity index is 5.02. The highest BCUT2D eigenvalue weighted by Crippen LogP contribution is 2.13. The zero-order chi connectivity index (χ0) is 14.3. The largest absolute Gasteiger partial charge is 0.336 e. The Morgan fingerprint density at radius 3 is 1.89 bits per heavy atom. The van der Waals surface area contributed by atoms with E-state index in [9.17, 15) is 9.59 Å². The van der Waals surface area contributed by atoms with Crippen LogP contribution >= 0.6 is 0 Å². The zero-order valence-corrected chi connectivity index (χ0v) is 12.6. The number of carbonyl (C=O) groups is 1. The van der Waals surface area contributed by atoms with Crippen molar-refractivity contribution in [3.05, 3.63) is 0 Å². The lowest BCUT2D eigenvalue weighted by Gasteiger charge is -2.36. The monoisotopic (exact) mass is 255 g/mol. The van der Waals surface area contributed by atoms with E-state index in [1.165, 1.54) is 4.90 Å². The van der Waals surface area contributed by atoms with Gasteiger partial charge in [-0.25, -0.2) is 0 Å². The summed E-state index contributed by atoms with van der Waals surface area (Å²) in [7, 11) is 0. The minimum Gasteiger partial charge on any atom is -0.336 e. The molecule has 18 heavy (non-hydrogen) atoms. The van der Waals surface area contributed by atoms with E-state index in [1.54, 1.807) is 0 Å². The van der Waals surface area contributed by atoms with Crippen LogP contribution in [0.3, 0.4) is 0 Å². The molecule has 1 unspecified atom stereocenters. The van der Waals surface area contributed by atoms with E-state index in [4.69, 9.17) is 0 Å². The van der Waals surface area contributed by atoms with Crippen molar-refractivity contribution in [1.29, 1.82) is 0 Å². The van der Waals surface area contributed by atoms with Gasteiger partial charge in [0.1, 0.15) is 6.04 Å². The second-order valence-corrected chi connectivity index (χ2v) is 5.14. The number of hydrogen-bond acceptors (Lipinski definition) is 2. The van der Waals surface area contributed by atoms with Gasteiger partial charge < -0.3 is 9.80 Å². The third-order valence-electron chi connectivity index (χ3n) is 3.00. The van der Waals surface area contributed by atoms with Crippen molar-refractivity contribution in [1.82, 2.24) is 9.80 Å². The van der Waals surface area contributed by atoms with Gasteiger partial charge in [0.05, 0.1) is 0 Å². The number of carbonyl (C=O) groups excluding carboxylic acids is 2. The average molecular weight is 255 g/mol. The number of amides is 2. The Morgan fingerprint density at radius 1 is 1.11 bits per heavy atom. The molecule has 1 radical (unpaired) electrons. The first-order chi connectivity index (χ1) is 8.40. The van der Waals surface area contributed by atoms with Gasteiger partial charge in [0.2, 0.25) is 5.91 Å². The van der Waals surface area contributed by atoms with Crippen molar-refractivity contribution in [3.63, 3.8) is 0 Å². The van der Waals surface area contributed by atoms with Crippen molar-refractivity contribution in [2.45, 2.75) is 72.5 Å². The van der Waals surface area contributed by atoms with E-state index in [-0.39, 0.29) is 24.0 Å². The maximum atomic E-state index is 12.5. The van der Waals surface area contributed by atoms with E-state index >= 15 is 0 Å². The van der Waals surface area contributed by atoms with Crippen molar-refractivity contribution in [2.24, 2.45) is 0 Å². The molecule has 0 aliphatic heterocycles. The van der Waals surface area contributed by atoms with Crippen LogP contribution in [-0.4, -0.2) is 46.8 Å². The van der Waals surface area contributed by atoms with Crippen LogP contribution in [0.15, 0.2) is 0 Å². The smallest absolute Gasteiger partial charge is 0.312 e. The predicted molar refractivity (Wildman–Crippen MR) is 73.9 cm³/mol. The SMILES string of the molecule is CCCN([C]=O)C(CC)C(=O)N(C(C)C)C(C)C. The van der Waals surface area contributed by atoms with Crippen LogP contribution in [0.25, 0.3) is 0 Å². The molecule has 0 aliphatic carbocycles. The van der Waals surface area contributed by atoms with Crippen LogP contribution in [0.1, 0.15) is 54.4 Å². The third kappa shape index (κ3) is 4.31. The minimum absolute atomic E-state index is 0.0271. The van der Waals surface area contributed by atoms with Gasteiger partial charge in [-0.1, -0.05) is 13.8 Å². The van der Waals surface area contributed by atoms with E-state index in [2.05, 4.69) is 0 Å². The van der Waals surface area contributed by atoms with Gasteiger partial charge in [-0.15, -0.1) is 0 Å². The second kappa shape index (κ2) is 8.11. The van der Waals surface area contributed by atoms with Crippen molar-refractivity contribution >= 4 is 12.3 Å². The molecular weight excluding hydrogens is 228 g/mol. The highest BCUT2D eigenvalue weighted by atomic mass is 16.2. The van der Waals surface area contributed by atoms with E-state index in [0.717, 1.165) is 6.42 Å².